The molecular weight excluding hydrogens is 328 g/mol. The van der Waals surface area contributed by atoms with E-state index in [-0.39, 0.29) is 0 Å². The topological polar surface area (TPSA) is 27.1 Å². The lowest BCUT2D eigenvalue weighted by Gasteiger charge is -2.12. The summed E-state index contributed by atoms with van der Waals surface area (Å²) in [6.45, 7) is 2.71. The molecule has 1 saturated heterocycles. The van der Waals surface area contributed by atoms with Gasteiger partial charge in [-0.05, 0) is 24.6 Å². The Hall–Kier alpha value is -0.580. The molecule has 1 aromatic heterocycles. The predicted molar refractivity (Wildman–Crippen MR) is 80.8 cm³/mol. The summed E-state index contributed by atoms with van der Waals surface area (Å²) in [4.78, 5) is 4.70. The zero-order chi connectivity index (χ0) is 13.2. The standard InChI is InChI=1S/C14H16BrClN2O/c15-11-1-2-12-13(7-11)18(14(17-12)3-5-16)8-10-4-6-19-9-10/h1-2,7,10H,3-6,8-9H2. The van der Waals surface area contributed by atoms with Gasteiger partial charge in [0.2, 0.25) is 0 Å². The van der Waals surface area contributed by atoms with Crippen LogP contribution in [-0.4, -0.2) is 28.6 Å². The van der Waals surface area contributed by atoms with Crippen LogP contribution >= 0.6 is 27.5 Å². The average molecular weight is 344 g/mol. The van der Waals surface area contributed by atoms with Crippen LogP contribution in [0.3, 0.4) is 0 Å². The van der Waals surface area contributed by atoms with Gasteiger partial charge in [-0.3, -0.25) is 0 Å². The highest BCUT2D eigenvalue weighted by molar-refractivity contribution is 9.10. The first kappa shape index (κ1) is 13.4. The molecule has 0 bridgehead atoms. The number of fused-ring (bicyclic) bond motifs is 1. The van der Waals surface area contributed by atoms with Crippen LogP contribution in [0.2, 0.25) is 0 Å². The molecular formula is C14H16BrClN2O. The van der Waals surface area contributed by atoms with Crippen molar-refractivity contribution in [3.8, 4) is 0 Å². The number of alkyl halides is 1. The highest BCUT2D eigenvalue weighted by Crippen LogP contribution is 2.24. The van der Waals surface area contributed by atoms with Crippen LogP contribution in [-0.2, 0) is 17.7 Å². The highest BCUT2D eigenvalue weighted by Gasteiger charge is 2.19. The van der Waals surface area contributed by atoms with Crippen LogP contribution in [0.1, 0.15) is 12.2 Å². The molecule has 0 saturated carbocycles. The number of imidazole rings is 1. The first-order valence-corrected chi connectivity index (χ1v) is 7.89. The monoisotopic (exact) mass is 342 g/mol. The van der Waals surface area contributed by atoms with Crippen molar-refractivity contribution in [2.75, 3.05) is 19.1 Å². The van der Waals surface area contributed by atoms with Crippen molar-refractivity contribution >= 4 is 38.6 Å². The van der Waals surface area contributed by atoms with Gasteiger partial charge in [-0.1, -0.05) is 15.9 Å². The van der Waals surface area contributed by atoms with E-state index >= 15 is 0 Å². The van der Waals surface area contributed by atoms with Gasteiger partial charge in [-0.2, -0.15) is 0 Å². The van der Waals surface area contributed by atoms with E-state index < -0.39 is 0 Å². The highest BCUT2D eigenvalue weighted by atomic mass is 79.9. The van der Waals surface area contributed by atoms with Crippen molar-refractivity contribution in [3.05, 3.63) is 28.5 Å². The number of halogens is 2. The molecule has 1 aromatic carbocycles. The number of hydrogen-bond donors (Lipinski definition) is 0. The third-order valence-corrected chi connectivity index (χ3v) is 4.25. The van der Waals surface area contributed by atoms with E-state index in [0.717, 1.165) is 48.4 Å². The molecule has 0 radical (unpaired) electrons. The van der Waals surface area contributed by atoms with Crippen LogP contribution in [0.25, 0.3) is 11.0 Å². The SMILES string of the molecule is ClCCc1nc2ccc(Br)cc2n1CC1CCOC1. The van der Waals surface area contributed by atoms with E-state index in [2.05, 4.69) is 32.6 Å². The number of aromatic nitrogens is 2. The Kier molecular flexibility index (Phi) is 4.10. The molecule has 1 atom stereocenters. The summed E-state index contributed by atoms with van der Waals surface area (Å²) in [5, 5.41) is 0. The Morgan fingerprint density at radius 3 is 3.11 bits per heavy atom. The lowest BCUT2D eigenvalue weighted by molar-refractivity contribution is 0.182. The number of aryl methyl sites for hydroxylation is 1. The van der Waals surface area contributed by atoms with Crippen LogP contribution in [0.4, 0.5) is 0 Å². The maximum Gasteiger partial charge on any atom is 0.111 e. The molecule has 3 rings (SSSR count). The normalized spacial score (nSPS) is 19.4. The second kappa shape index (κ2) is 5.81. The van der Waals surface area contributed by atoms with Crippen LogP contribution in [0.5, 0.6) is 0 Å². The molecule has 2 aromatic rings. The maximum absolute atomic E-state index is 5.90. The molecule has 1 aliphatic rings. The van der Waals surface area contributed by atoms with Gasteiger partial charge in [-0.15, -0.1) is 11.6 Å². The zero-order valence-corrected chi connectivity index (χ0v) is 13.0. The minimum absolute atomic E-state index is 0.588. The molecule has 0 spiro atoms. The van der Waals surface area contributed by atoms with Crippen LogP contribution in [0, 0.1) is 5.92 Å². The van der Waals surface area contributed by atoms with E-state index in [1.54, 1.807) is 0 Å². The fourth-order valence-corrected chi connectivity index (χ4v) is 3.13. The molecule has 19 heavy (non-hydrogen) atoms. The summed E-state index contributed by atoms with van der Waals surface area (Å²) in [6, 6.07) is 6.22. The molecule has 0 N–H and O–H groups in total. The Bertz CT molecular complexity index is 578. The molecule has 1 aliphatic heterocycles. The largest absolute Gasteiger partial charge is 0.381 e. The molecule has 0 amide bonds. The van der Waals surface area contributed by atoms with Gasteiger partial charge >= 0.3 is 0 Å². The van der Waals surface area contributed by atoms with Crippen molar-refractivity contribution in [2.45, 2.75) is 19.4 Å². The lowest BCUT2D eigenvalue weighted by Crippen LogP contribution is -2.13. The molecule has 5 heteroatoms. The van der Waals surface area contributed by atoms with Crippen molar-refractivity contribution in [3.63, 3.8) is 0 Å². The maximum atomic E-state index is 5.90. The summed E-state index contributed by atoms with van der Waals surface area (Å²) in [5.74, 6) is 2.27. The van der Waals surface area contributed by atoms with Gasteiger partial charge in [0.15, 0.2) is 0 Å². The van der Waals surface area contributed by atoms with Gasteiger partial charge in [-0.25, -0.2) is 4.98 Å². The van der Waals surface area contributed by atoms with E-state index in [1.165, 1.54) is 5.52 Å². The van der Waals surface area contributed by atoms with E-state index in [1.807, 2.05) is 6.07 Å². The van der Waals surface area contributed by atoms with Crippen molar-refractivity contribution in [1.29, 1.82) is 0 Å². The van der Waals surface area contributed by atoms with Gasteiger partial charge < -0.3 is 9.30 Å². The number of rotatable bonds is 4. The second-order valence-electron chi connectivity index (χ2n) is 4.94. The van der Waals surface area contributed by atoms with E-state index in [9.17, 15) is 0 Å². The summed E-state index contributed by atoms with van der Waals surface area (Å²) in [6.07, 6.45) is 1.94. The first-order chi connectivity index (χ1) is 9.28. The van der Waals surface area contributed by atoms with Crippen LogP contribution < -0.4 is 0 Å². The zero-order valence-electron chi connectivity index (χ0n) is 10.6. The Labute approximate surface area is 126 Å². The fraction of sp³-hybridized carbons (Fsp3) is 0.500. The van der Waals surface area contributed by atoms with Crippen LogP contribution in [0.15, 0.2) is 22.7 Å². The second-order valence-corrected chi connectivity index (χ2v) is 6.23. The first-order valence-electron chi connectivity index (χ1n) is 6.56. The Morgan fingerprint density at radius 1 is 1.47 bits per heavy atom. The number of nitrogens with zero attached hydrogens (tertiary/aromatic N) is 2. The summed E-state index contributed by atoms with van der Waals surface area (Å²) < 4.78 is 8.86. The average Bonchev–Trinajstić information content (AvgIpc) is 3.00. The number of hydrogen-bond acceptors (Lipinski definition) is 2. The van der Waals surface area contributed by atoms with Crippen molar-refractivity contribution in [2.24, 2.45) is 5.92 Å². The number of ether oxygens (including phenoxy) is 1. The van der Waals surface area contributed by atoms with Gasteiger partial charge in [0.05, 0.1) is 17.6 Å². The summed E-state index contributed by atoms with van der Waals surface area (Å²) >= 11 is 9.43. The Balaban J connectivity index is 2.01. The molecule has 102 valence electrons. The summed E-state index contributed by atoms with van der Waals surface area (Å²) in [5.41, 5.74) is 2.23. The van der Waals surface area contributed by atoms with Crippen molar-refractivity contribution < 1.29 is 4.74 Å². The minimum Gasteiger partial charge on any atom is -0.381 e. The van der Waals surface area contributed by atoms with Gasteiger partial charge in [0.25, 0.3) is 0 Å². The fourth-order valence-electron chi connectivity index (χ4n) is 2.61. The lowest BCUT2D eigenvalue weighted by atomic mass is 10.1. The predicted octanol–water partition coefficient (Wildman–Crippen LogP) is 3.62. The quantitative estimate of drug-likeness (QED) is 0.793. The van der Waals surface area contributed by atoms with Crippen molar-refractivity contribution in [1.82, 2.24) is 9.55 Å². The smallest absolute Gasteiger partial charge is 0.111 e. The molecule has 3 nitrogen and oxygen atoms in total. The molecule has 1 unspecified atom stereocenters. The van der Waals surface area contributed by atoms with Gasteiger partial charge in [0, 0.05) is 35.8 Å². The third kappa shape index (κ3) is 2.81. The Morgan fingerprint density at radius 2 is 2.37 bits per heavy atom. The summed E-state index contributed by atoms with van der Waals surface area (Å²) in [7, 11) is 0. The van der Waals surface area contributed by atoms with Gasteiger partial charge in [0.1, 0.15) is 5.82 Å². The molecule has 2 heterocycles. The molecule has 0 aliphatic carbocycles. The van der Waals surface area contributed by atoms with E-state index in [0.29, 0.717) is 11.8 Å². The minimum atomic E-state index is 0.588. The molecule has 1 fully saturated rings. The van der Waals surface area contributed by atoms with E-state index in [4.69, 9.17) is 21.3 Å². The number of benzene rings is 1. The third-order valence-electron chi connectivity index (χ3n) is 3.57.